The SMILES string of the molecule is O=NC(Cl)C1CCOC1. The molecule has 1 rings (SSSR count). The number of rotatable bonds is 2. The molecule has 0 aromatic heterocycles. The van der Waals surface area contributed by atoms with Gasteiger partial charge in [-0.3, -0.25) is 0 Å². The van der Waals surface area contributed by atoms with Crippen LogP contribution in [0.3, 0.4) is 0 Å². The second kappa shape index (κ2) is 3.13. The Morgan fingerprint density at radius 2 is 2.56 bits per heavy atom. The fraction of sp³-hybridized carbons (Fsp3) is 1.00. The van der Waals surface area contributed by atoms with Gasteiger partial charge in [-0.05, 0) is 11.6 Å². The Hall–Kier alpha value is -0.150. The van der Waals surface area contributed by atoms with E-state index in [1.165, 1.54) is 0 Å². The lowest BCUT2D eigenvalue weighted by Crippen LogP contribution is -2.11. The van der Waals surface area contributed by atoms with Gasteiger partial charge in [0.15, 0.2) is 5.50 Å². The summed E-state index contributed by atoms with van der Waals surface area (Å²) in [6.45, 7) is 1.29. The Kier molecular flexibility index (Phi) is 2.42. The second-order valence-electron chi connectivity index (χ2n) is 2.10. The Labute approximate surface area is 58.3 Å². The molecule has 0 aromatic carbocycles. The Balaban J connectivity index is 2.32. The summed E-state index contributed by atoms with van der Waals surface area (Å²) in [5, 5.41) is 2.71. The number of nitrogens with zero attached hydrogens (tertiary/aromatic N) is 1. The predicted octanol–water partition coefficient (Wildman–Crippen LogP) is 1.35. The quantitative estimate of drug-likeness (QED) is 0.338. The maximum absolute atomic E-state index is 9.85. The highest BCUT2D eigenvalue weighted by Gasteiger charge is 2.24. The van der Waals surface area contributed by atoms with Crippen molar-refractivity contribution in [1.82, 2.24) is 0 Å². The lowest BCUT2D eigenvalue weighted by Gasteiger charge is -2.04. The van der Waals surface area contributed by atoms with Gasteiger partial charge in [0.1, 0.15) is 0 Å². The highest BCUT2D eigenvalue weighted by molar-refractivity contribution is 6.20. The smallest absolute Gasteiger partial charge is 0.170 e. The molecule has 0 saturated carbocycles. The molecule has 4 heteroatoms. The fourth-order valence-electron chi connectivity index (χ4n) is 0.856. The molecule has 0 amide bonds. The molecule has 1 aliphatic heterocycles. The van der Waals surface area contributed by atoms with Gasteiger partial charge in [0.05, 0.1) is 6.61 Å². The van der Waals surface area contributed by atoms with Gasteiger partial charge in [-0.15, -0.1) is 4.91 Å². The van der Waals surface area contributed by atoms with E-state index < -0.39 is 5.50 Å². The van der Waals surface area contributed by atoms with Crippen LogP contribution in [-0.2, 0) is 4.74 Å². The van der Waals surface area contributed by atoms with Crippen LogP contribution in [0.15, 0.2) is 5.18 Å². The third-order valence-electron chi connectivity index (χ3n) is 1.45. The van der Waals surface area contributed by atoms with Gasteiger partial charge >= 0.3 is 0 Å². The number of nitroso groups, excluding NO2 is 1. The third kappa shape index (κ3) is 1.63. The summed E-state index contributed by atoms with van der Waals surface area (Å²) in [7, 11) is 0. The van der Waals surface area contributed by atoms with Crippen LogP contribution in [0.2, 0.25) is 0 Å². The van der Waals surface area contributed by atoms with E-state index in [-0.39, 0.29) is 5.92 Å². The second-order valence-corrected chi connectivity index (χ2v) is 2.55. The average molecular weight is 150 g/mol. The minimum Gasteiger partial charge on any atom is -0.381 e. The zero-order valence-corrected chi connectivity index (χ0v) is 5.67. The number of hydrogen-bond acceptors (Lipinski definition) is 3. The van der Waals surface area contributed by atoms with E-state index in [0.717, 1.165) is 6.42 Å². The lowest BCUT2D eigenvalue weighted by atomic mass is 10.1. The molecule has 0 radical (unpaired) electrons. The van der Waals surface area contributed by atoms with Crippen LogP contribution in [0.5, 0.6) is 0 Å². The van der Waals surface area contributed by atoms with Gasteiger partial charge in [0.2, 0.25) is 0 Å². The van der Waals surface area contributed by atoms with Crippen molar-refractivity contribution in [3.8, 4) is 0 Å². The number of ether oxygens (including phenoxy) is 1. The normalized spacial score (nSPS) is 30.1. The van der Waals surface area contributed by atoms with E-state index in [1.807, 2.05) is 0 Å². The van der Waals surface area contributed by atoms with Gasteiger partial charge in [-0.1, -0.05) is 11.6 Å². The van der Waals surface area contributed by atoms with E-state index in [1.54, 1.807) is 0 Å². The minimum atomic E-state index is -0.590. The van der Waals surface area contributed by atoms with Crippen LogP contribution in [0.1, 0.15) is 6.42 Å². The third-order valence-corrected chi connectivity index (χ3v) is 1.89. The van der Waals surface area contributed by atoms with Gasteiger partial charge < -0.3 is 4.74 Å². The van der Waals surface area contributed by atoms with Crippen molar-refractivity contribution < 1.29 is 4.74 Å². The lowest BCUT2D eigenvalue weighted by molar-refractivity contribution is 0.185. The van der Waals surface area contributed by atoms with Crippen molar-refractivity contribution in [2.45, 2.75) is 11.9 Å². The van der Waals surface area contributed by atoms with E-state index >= 15 is 0 Å². The first-order chi connectivity index (χ1) is 4.34. The summed E-state index contributed by atoms with van der Waals surface area (Å²) in [5.41, 5.74) is -0.590. The average Bonchev–Trinajstić information content (AvgIpc) is 2.37. The monoisotopic (exact) mass is 149 g/mol. The van der Waals surface area contributed by atoms with Crippen molar-refractivity contribution in [2.75, 3.05) is 13.2 Å². The Bertz CT molecular complexity index is 103. The number of alkyl halides is 1. The minimum absolute atomic E-state index is 0.143. The summed E-state index contributed by atoms with van der Waals surface area (Å²) < 4.78 is 5.00. The van der Waals surface area contributed by atoms with Gasteiger partial charge in [-0.25, -0.2) is 0 Å². The molecule has 3 nitrogen and oxygen atoms in total. The van der Waals surface area contributed by atoms with Crippen LogP contribution in [0.4, 0.5) is 0 Å². The van der Waals surface area contributed by atoms with Crippen LogP contribution < -0.4 is 0 Å². The summed E-state index contributed by atoms with van der Waals surface area (Å²) >= 11 is 5.51. The highest BCUT2D eigenvalue weighted by Crippen LogP contribution is 2.21. The Morgan fingerprint density at radius 1 is 1.78 bits per heavy atom. The van der Waals surface area contributed by atoms with Crippen LogP contribution in [0, 0.1) is 10.8 Å². The first-order valence-corrected chi connectivity index (χ1v) is 3.32. The summed E-state index contributed by atoms with van der Waals surface area (Å²) in [5.74, 6) is 0.143. The van der Waals surface area contributed by atoms with Gasteiger partial charge in [0.25, 0.3) is 0 Å². The maximum Gasteiger partial charge on any atom is 0.170 e. The molecule has 9 heavy (non-hydrogen) atoms. The number of hydrogen-bond donors (Lipinski definition) is 0. The van der Waals surface area contributed by atoms with E-state index in [4.69, 9.17) is 16.3 Å². The van der Waals surface area contributed by atoms with Crippen molar-refractivity contribution in [3.05, 3.63) is 4.91 Å². The predicted molar refractivity (Wildman–Crippen MR) is 34.4 cm³/mol. The molecule has 0 spiro atoms. The van der Waals surface area contributed by atoms with E-state index in [2.05, 4.69) is 5.18 Å². The van der Waals surface area contributed by atoms with Crippen LogP contribution in [-0.4, -0.2) is 18.7 Å². The fourth-order valence-corrected chi connectivity index (χ4v) is 1.05. The molecule has 2 atom stereocenters. The first-order valence-electron chi connectivity index (χ1n) is 2.89. The topological polar surface area (TPSA) is 38.7 Å². The standard InChI is InChI=1S/C5H8ClNO2/c6-5(7-8)4-1-2-9-3-4/h4-5H,1-3H2. The molecule has 1 saturated heterocycles. The zero-order chi connectivity index (χ0) is 6.69. The first kappa shape index (κ1) is 6.96. The molecular formula is C5H8ClNO2. The van der Waals surface area contributed by atoms with Crippen molar-refractivity contribution >= 4 is 11.6 Å². The number of halogens is 1. The van der Waals surface area contributed by atoms with Gasteiger partial charge in [0, 0.05) is 12.5 Å². The van der Waals surface area contributed by atoms with Crippen molar-refractivity contribution in [3.63, 3.8) is 0 Å². The van der Waals surface area contributed by atoms with Crippen molar-refractivity contribution in [1.29, 1.82) is 0 Å². The molecule has 1 fully saturated rings. The van der Waals surface area contributed by atoms with Crippen LogP contribution in [0.25, 0.3) is 0 Å². The van der Waals surface area contributed by atoms with Crippen LogP contribution >= 0.6 is 11.6 Å². The molecule has 1 heterocycles. The van der Waals surface area contributed by atoms with Gasteiger partial charge in [-0.2, -0.15) is 0 Å². The largest absolute Gasteiger partial charge is 0.381 e. The Morgan fingerprint density at radius 3 is 3.00 bits per heavy atom. The van der Waals surface area contributed by atoms with E-state index in [0.29, 0.717) is 13.2 Å². The molecule has 0 aromatic rings. The molecule has 1 aliphatic rings. The zero-order valence-electron chi connectivity index (χ0n) is 4.92. The molecular weight excluding hydrogens is 142 g/mol. The molecule has 2 unspecified atom stereocenters. The molecule has 0 aliphatic carbocycles. The molecule has 0 N–H and O–H groups in total. The summed E-state index contributed by atoms with van der Waals surface area (Å²) in [6, 6.07) is 0. The highest BCUT2D eigenvalue weighted by atomic mass is 35.5. The molecule has 0 bridgehead atoms. The van der Waals surface area contributed by atoms with Crippen molar-refractivity contribution in [2.24, 2.45) is 11.1 Å². The molecule has 52 valence electrons. The summed E-state index contributed by atoms with van der Waals surface area (Å²) in [6.07, 6.45) is 0.861. The maximum atomic E-state index is 9.85. The van der Waals surface area contributed by atoms with E-state index in [9.17, 15) is 4.91 Å². The summed E-state index contributed by atoms with van der Waals surface area (Å²) in [4.78, 5) is 9.85.